The van der Waals surface area contributed by atoms with E-state index in [0.29, 0.717) is 16.5 Å². The van der Waals surface area contributed by atoms with Crippen molar-refractivity contribution in [2.75, 3.05) is 35.4 Å². The van der Waals surface area contributed by atoms with Crippen LogP contribution in [0.25, 0.3) is 0 Å². The van der Waals surface area contributed by atoms with Gasteiger partial charge < -0.3 is 20.3 Å². The molecule has 2 aliphatic rings. The monoisotopic (exact) mass is 281 g/mol. The lowest BCUT2D eigenvalue weighted by Gasteiger charge is -2.23. The minimum absolute atomic E-state index is 0.0433. The summed E-state index contributed by atoms with van der Waals surface area (Å²) in [5.41, 5.74) is 2.51. The molecule has 2 aliphatic heterocycles. The zero-order valence-corrected chi connectivity index (χ0v) is 11.5. The van der Waals surface area contributed by atoms with Crippen molar-refractivity contribution in [3.63, 3.8) is 0 Å². The summed E-state index contributed by atoms with van der Waals surface area (Å²) in [7, 11) is 0. The highest BCUT2D eigenvalue weighted by Gasteiger charge is 2.29. The zero-order valence-electron chi connectivity index (χ0n) is 10.8. The summed E-state index contributed by atoms with van der Waals surface area (Å²) in [4.78, 5) is 13.6. The van der Waals surface area contributed by atoms with Crippen LogP contribution in [0.3, 0.4) is 0 Å². The number of halogens is 1. The normalized spacial score (nSPS) is 16.3. The molecule has 1 amide bonds. The molecule has 0 unspecified atom stereocenters. The van der Waals surface area contributed by atoms with Gasteiger partial charge in [-0.3, -0.25) is 4.79 Å². The van der Waals surface area contributed by atoms with E-state index < -0.39 is 0 Å². The van der Waals surface area contributed by atoms with E-state index in [1.165, 1.54) is 0 Å². The fraction of sp³-hybridized carbons (Fsp3) is 0.462. The van der Waals surface area contributed by atoms with Gasteiger partial charge in [-0.05, 0) is 6.42 Å². The number of nitrogens with zero attached hydrogens (tertiary/aromatic N) is 1. The molecule has 1 aromatic rings. The molecule has 0 saturated carbocycles. The predicted molar refractivity (Wildman–Crippen MR) is 76.3 cm³/mol. The topological polar surface area (TPSA) is 53.6 Å². The summed E-state index contributed by atoms with van der Waals surface area (Å²) in [5, 5.41) is 6.65. The van der Waals surface area contributed by atoms with Crippen LogP contribution >= 0.6 is 11.6 Å². The Morgan fingerprint density at radius 1 is 1.53 bits per heavy atom. The minimum Gasteiger partial charge on any atom is -0.481 e. The molecule has 2 heterocycles. The van der Waals surface area contributed by atoms with Gasteiger partial charge in [0, 0.05) is 12.6 Å². The molecule has 6 heteroatoms. The highest BCUT2D eigenvalue weighted by atomic mass is 35.5. The van der Waals surface area contributed by atoms with Crippen LogP contribution in [0.1, 0.15) is 19.8 Å². The fourth-order valence-corrected chi connectivity index (χ4v) is 2.77. The number of hydrogen-bond donors (Lipinski definition) is 2. The quantitative estimate of drug-likeness (QED) is 0.894. The number of benzene rings is 1. The number of hydrogen-bond acceptors (Lipinski definition) is 4. The number of carbonyl (C=O) groups excluding carboxylic acids is 1. The summed E-state index contributed by atoms with van der Waals surface area (Å²) in [6.07, 6.45) is 2.24. The van der Waals surface area contributed by atoms with E-state index in [2.05, 4.69) is 22.5 Å². The van der Waals surface area contributed by atoms with Crippen LogP contribution in [-0.2, 0) is 4.79 Å². The molecule has 0 radical (unpaired) electrons. The Morgan fingerprint density at radius 2 is 2.37 bits per heavy atom. The van der Waals surface area contributed by atoms with Crippen LogP contribution in [-0.4, -0.2) is 25.7 Å². The Hall–Kier alpha value is -1.62. The van der Waals surface area contributed by atoms with Crippen molar-refractivity contribution in [3.8, 4) is 5.75 Å². The molecular weight excluding hydrogens is 266 g/mol. The standard InChI is InChI=1S/C13H16ClN3O2/c1-2-3-4-17-7-15-8-5-9-12(11(14)13(8)17)16-10(18)6-19-9/h5,15H,2-4,6-7H2,1H3,(H,16,18). The van der Waals surface area contributed by atoms with Crippen molar-refractivity contribution in [2.24, 2.45) is 0 Å². The third kappa shape index (κ3) is 2.08. The van der Waals surface area contributed by atoms with Gasteiger partial charge in [0.2, 0.25) is 0 Å². The lowest BCUT2D eigenvalue weighted by molar-refractivity contribution is -0.118. The van der Waals surface area contributed by atoms with Gasteiger partial charge in [0.15, 0.2) is 6.61 Å². The van der Waals surface area contributed by atoms with Crippen molar-refractivity contribution in [1.82, 2.24) is 0 Å². The van der Waals surface area contributed by atoms with Crippen LogP contribution in [0.5, 0.6) is 5.75 Å². The third-order valence-electron chi connectivity index (χ3n) is 3.39. The smallest absolute Gasteiger partial charge is 0.262 e. The Balaban J connectivity index is 1.99. The Bertz CT molecular complexity index is 533. The van der Waals surface area contributed by atoms with Crippen LogP contribution in [0, 0.1) is 0 Å². The number of ether oxygens (including phenoxy) is 1. The van der Waals surface area contributed by atoms with Gasteiger partial charge in [0.25, 0.3) is 5.91 Å². The van der Waals surface area contributed by atoms with Gasteiger partial charge in [-0.1, -0.05) is 24.9 Å². The average Bonchev–Trinajstić information content (AvgIpc) is 2.81. The van der Waals surface area contributed by atoms with Gasteiger partial charge >= 0.3 is 0 Å². The maximum absolute atomic E-state index is 11.4. The lowest BCUT2D eigenvalue weighted by Crippen LogP contribution is -2.26. The van der Waals surface area contributed by atoms with Gasteiger partial charge in [-0.2, -0.15) is 0 Å². The molecule has 3 rings (SSSR count). The molecule has 0 aromatic heterocycles. The first-order valence-electron chi connectivity index (χ1n) is 6.48. The van der Waals surface area contributed by atoms with E-state index in [1.807, 2.05) is 6.07 Å². The number of carbonyl (C=O) groups is 1. The van der Waals surface area contributed by atoms with Crippen LogP contribution in [0.4, 0.5) is 17.1 Å². The summed E-state index contributed by atoms with van der Waals surface area (Å²) < 4.78 is 5.40. The first-order valence-corrected chi connectivity index (χ1v) is 6.86. The van der Waals surface area contributed by atoms with Crippen molar-refractivity contribution in [1.29, 1.82) is 0 Å². The summed E-state index contributed by atoms with van der Waals surface area (Å²) >= 11 is 6.43. The van der Waals surface area contributed by atoms with E-state index in [4.69, 9.17) is 16.3 Å². The molecule has 0 aliphatic carbocycles. The molecule has 1 aromatic carbocycles. The van der Waals surface area contributed by atoms with E-state index >= 15 is 0 Å². The second-order valence-corrected chi connectivity index (χ2v) is 5.13. The summed E-state index contributed by atoms with van der Waals surface area (Å²) in [6.45, 7) is 3.89. The fourth-order valence-electron chi connectivity index (χ4n) is 2.41. The Kier molecular flexibility index (Phi) is 3.14. The van der Waals surface area contributed by atoms with Crippen molar-refractivity contribution in [3.05, 3.63) is 11.1 Å². The molecule has 0 fully saturated rings. The number of fused-ring (bicyclic) bond motifs is 2. The van der Waals surface area contributed by atoms with E-state index in [-0.39, 0.29) is 12.5 Å². The molecule has 19 heavy (non-hydrogen) atoms. The van der Waals surface area contributed by atoms with Crippen molar-refractivity contribution >= 4 is 34.6 Å². The zero-order chi connectivity index (χ0) is 13.4. The molecule has 0 saturated heterocycles. The molecule has 0 atom stereocenters. The maximum Gasteiger partial charge on any atom is 0.262 e. The number of nitrogens with one attached hydrogen (secondary N) is 2. The lowest BCUT2D eigenvalue weighted by atomic mass is 10.2. The second-order valence-electron chi connectivity index (χ2n) is 4.75. The van der Waals surface area contributed by atoms with Crippen LogP contribution < -0.4 is 20.3 Å². The maximum atomic E-state index is 11.4. The molecule has 0 bridgehead atoms. The summed E-state index contributed by atoms with van der Waals surface area (Å²) in [6, 6.07) is 1.90. The van der Waals surface area contributed by atoms with E-state index in [9.17, 15) is 4.79 Å². The number of anilines is 3. The molecular formula is C13H16ClN3O2. The van der Waals surface area contributed by atoms with Gasteiger partial charge in [-0.25, -0.2) is 0 Å². The van der Waals surface area contributed by atoms with Crippen LogP contribution in [0.2, 0.25) is 5.02 Å². The Labute approximate surface area is 116 Å². The molecule has 0 spiro atoms. The van der Waals surface area contributed by atoms with Crippen molar-refractivity contribution < 1.29 is 9.53 Å². The minimum atomic E-state index is -0.166. The Morgan fingerprint density at radius 3 is 3.16 bits per heavy atom. The second kappa shape index (κ2) is 4.81. The first kappa shape index (κ1) is 12.4. The molecule has 102 valence electrons. The first-order chi connectivity index (χ1) is 9.20. The summed E-state index contributed by atoms with van der Waals surface area (Å²) in [5.74, 6) is 0.466. The van der Waals surface area contributed by atoms with Gasteiger partial charge in [-0.15, -0.1) is 0 Å². The van der Waals surface area contributed by atoms with Gasteiger partial charge in [0.05, 0.1) is 23.1 Å². The largest absolute Gasteiger partial charge is 0.481 e. The van der Waals surface area contributed by atoms with Crippen molar-refractivity contribution in [2.45, 2.75) is 19.8 Å². The van der Waals surface area contributed by atoms with E-state index in [0.717, 1.165) is 37.4 Å². The number of unbranched alkanes of at least 4 members (excludes halogenated alkanes) is 1. The highest BCUT2D eigenvalue weighted by Crippen LogP contribution is 2.48. The highest BCUT2D eigenvalue weighted by molar-refractivity contribution is 6.38. The predicted octanol–water partition coefficient (Wildman–Crippen LogP) is 2.66. The van der Waals surface area contributed by atoms with Gasteiger partial charge in [0.1, 0.15) is 11.4 Å². The van der Waals surface area contributed by atoms with Crippen LogP contribution in [0.15, 0.2) is 6.07 Å². The number of rotatable bonds is 3. The molecule has 5 nitrogen and oxygen atoms in total. The SMILES string of the molecule is CCCCN1CNc2cc3c(c(Cl)c21)NC(=O)CO3. The third-order valence-corrected chi connectivity index (χ3v) is 3.75. The van der Waals surface area contributed by atoms with E-state index in [1.54, 1.807) is 0 Å². The average molecular weight is 282 g/mol. The number of amides is 1. The molecule has 2 N–H and O–H groups in total.